The summed E-state index contributed by atoms with van der Waals surface area (Å²) in [6.45, 7) is 0.451. The van der Waals surface area contributed by atoms with Crippen LogP contribution in [0.4, 0.5) is 4.79 Å². The molecule has 0 bridgehead atoms. The lowest BCUT2D eigenvalue weighted by Gasteiger charge is -2.35. The van der Waals surface area contributed by atoms with Gasteiger partial charge in [-0.1, -0.05) is 29.3 Å². The number of amides is 1. The van der Waals surface area contributed by atoms with Crippen molar-refractivity contribution in [1.82, 2.24) is 34.8 Å². The normalized spacial score (nSPS) is 10.9. The smallest absolute Gasteiger partial charge is 0.407 e. The molecule has 2 heterocycles. The molecule has 0 fully saturated rings. The summed E-state index contributed by atoms with van der Waals surface area (Å²) in [4.78, 5) is 20.0. The number of carbonyl (C=O) groups excluding carboxylic acids is 1. The predicted octanol–water partition coefficient (Wildman–Crippen LogP) is 1.30. The zero-order valence-corrected chi connectivity index (χ0v) is 15.7. The fourth-order valence-corrected chi connectivity index (χ4v) is 3.26. The standard InChI is InChI=1S/C15H15Cl2N7O2.H2O/c1-26-14(25)22-15(5-23-9-18-7-20-23,6-24-10-19-8-21-24)12-3-2-11(16)4-13(12)17;/h2-4,7-10H,5-6H2,1H3,(H,22,25);1H2. The number of carbonyl (C=O) groups is 1. The van der Waals surface area contributed by atoms with Gasteiger partial charge in [-0.15, -0.1) is 0 Å². The van der Waals surface area contributed by atoms with Crippen LogP contribution in [0.3, 0.4) is 0 Å². The molecule has 144 valence electrons. The number of aromatic nitrogens is 6. The van der Waals surface area contributed by atoms with E-state index in [9.17, 15) is 4.79 Å². The lowest BCUT2D eigenvalue weighted by molar-refractivity contribution is 0.141. The van der Waals surface area contributed by atoms with Crippen LogP contribution < -0.4 is 5.32 Å². The maximum absolute atomic E-state index is 12.1. The van der Waals surface area contributed by atoms with Crippen molar-refractivity contribution < 1.29 is 15.0 Å². The third kappa shape index (κ3) is 4.73. The number of methoxy groups -OCH3 is 1. The van der Waals surface area contributed by atoms with Crippen LogP contribution in [0.5, 0.6) is 0 Å². The first kappa shape index (κ1) is 20.6. The Bertz CT molecular complexity index is 835. The molecule has 0 aliphatic heterocycles. The molecule has 12 heteroatoms. The Morgan fingerprint density at radius 2 is 1.74 bits per heavy atom. The van der Waals surface area contributed by atoms with Crippen molar-refractivity contribution in [2.45, 2.75) is 18.6 Å². The Labute approximate surface area is 164 Å². The van der Waals surface area contributed by atoms with Gasteiger partial charge in [-0.3, -0.25) is 9.36 Å². The lowest BCUT2D eigenvalue weighted by atomic mass is 9.89. The molecule has 0 spiro atoms. The highest BCUT2D eigenvalue weighted by Gasteiger charge is 2.38. The quantitative estimate of drug-likeness (QED) is 0.647. The number of rotatable bonds is 6. The summed E-state index contributed by atoms with van der Waals surface area (Å²) in [5.74, 6) is 0. The highest BCUT2D eigenvalue weighted by Crippen LogP contribution is 2.33. The van der Waals surface area contributed by atoms with Gasteiger partial charge in [-0.05, 0) is 12.1 Å². The van der Waals surface area contributed by atoms with Crippen LogP contribution in [0.15, 0.2) is 43.5 Å². The summed E-state index contributed by atoms with van der Waals surface area (Å²) < 4.78 is 7.98. The Hall–Kier alpha value is -2.69. The number of ether oxygens (including phenoxy) is 1. The summed E-state index contributed by atoms with van der Waals surface area (Å²) in [6, 6.07) is 5.04. The van der Waals surface area contributed by atoms with Gasteiger partial charge in [-0.2, -0.15) is 10.2 Å². The number of halogens is 2. The van der Waals surface area contributed by atoms with Crippen molar-refractivity contribution in [2.75, 3.05) is 7.11 Å². The van der Waals surface area contributed by atoms with Gasteiger partial charge in [0.25, 0.3) is 0 Å². The fourth-order valence-electron chi connectivity index (χ4n) is 2.67. The second kappa shape index (κ2) is 8.80. The zero-order chi connectivity index (χ0) is 18.6. The molecule has 0 atom stereocenters. The van der Waals surface area contributed by atoms with E-state index in [2.05, 4.69) is 25.5 Å². The molecule has 0 radical (unpaired) electrons. The highest BCUT2D eigenvalue weighted by atomic mass is 35.5. The molecule has 27 heavy (non-hydrogen) atoms. The van der Waals surface area contributed by atoms with Gasteiger partial charge in [-0.25, -0.2) is 14.8 Å². The number of nitrogens with zero attached hydrogens (tertiary/aromatic N) is 6. The average Bonchev–Trinajstić information content (AvgIpc) is 3.28. The third-order valence-corrected chi connectivity index (χ3v) is 4.32. The summed E-state index contributed by atoms with van der Waals surface area (Å²) in [5.41, 5.74) is -0.421. The van der Waals surface area contributed by atoms with Crippen LogP contribution in [-0.2, 0) is 23.4 Å². The number of hydrogen-bond donors (Lipinski definition) is 1. The zero-order valence-electron chi connectivity index (χ0n) is 14.2. The predicted molar refractivity (Wildman–Crippen MR) is 97.3 cm³/mol. The van der Waals surface area contributed by atoms with Gasteiger partial charge in [0.05, 0.1) is 20.2 Å². The lowest BCUT2D eigenvalue weighted by Crippen LogP contribution is -2.52. The van der Waals surface area contributed by atoms with Crippen LogP contribution in [0.1, 0.15) is 5.56 Å². The van der Waals surface area contributed by atoms with Gasteiger partial charge in [0.15, 0.2) is 0 Å². The maximum Gasteiger partial charge on any atom is 0.407 e. The number of hydrogen-bond acceptors (Lipinski definition) is 6. The van der Waals surface area contributed by atoms with E-state index in [0.717, 1.165) is 0 Å². The SMILES string of the molecule is COC(=O)NC(Cn1cncn1)(Cn1cncn1)c1ccc(Cl)cc1Cl.O. The molecule has 1 aromatic carbocycles. The first-order chi connectivity index (χ1) is 12.5. The van der Waals surface area contributed by atoms with Crippen LogP contribution >= 0.6 is 23.2 Å². The molecular weight excluding hydrogens is 397 g/mol. The van der Waals surface area contributed by atoms with E-state index in [-0.39, 0.29) is 18.6 Å². The molecule has 1 amide bonds. The first-order valence-electron chi connectivity index (χ1n) is 7.49. The van der Waals surface area contributed by atoms with E-state index in [1.165, 1.54) is 19.8 Å². The number of benzene rings is 1. The summed E-state index contributed by atoms with van der Waals surface area (Å²) in [7, 11) is 1.29. The summed E-state index contributed by atoms with van der Waals surface area (Å²) >= 11 is 12.5. The van der Waals surface area contributed by atoms with E-state index < -0.39 is 11.6 Å². The molecule has 0 unspecified atom stereocenters. The Morgan fingerprint density at radius 1 is 1.15 bits per heavy atom. The van der Waals surface area contributed by atoms with Crippen LogP contribution in [0, 0.1) is 0 Å². The topological polar surface area (TPSA) is 131 Å². The van der Waals surface area contributed by atoms with Gasteiger partial charge in [0.2, 0.25) is 0 Å². The number of nitrogens with one attached hydrogen (secondary N) is 1. The minimum atomic E-state index is -1.05. The molecule has 3 N–H and O–H groups in total. The van der Waals surface area contributed by atoms with Crippen LogP contribution in [0.2, 0.25) is 10.0 Å². The summed E-state index contributed by atoms with van der Waals surface area (Å²) in [5, 5.41) is 12.0. The van der Waals surface area contributed by atoms with E-state index in [4.69, 9.17) is 27.9 Å². The second-order valence-corrected chi connectivity index (χ2v) is 6.35. The molecule has 0 saturated carbocycles. The van der Waals surface area contributed by atoms with E-state index in [1.807, 2.05) is 0 Å². The summed E-state index contributed by atoms with van der Waals surface area (Å²) in [6.07, 6.45) is 5.26. The minimum Gasteiger partial charge on any atom is -0.453 e. The molecule has 0 saturated heterocycles. The van der Waals surface area contributed by atoms with Gasteiger partial charge < -0.3 is 15.5 Å². The van der Waals surface area contributed by atoms with Crippen LogP contribution in [-0.4, -0.2) is 48.2 Å². The molecular formula is C15H17Cl2N7O3. The molecule has 0 aliphatic carbocycles. The van der Waals surface area contributed by atoms with Crippen molar-refractivity contribution in [3.05, 3.63) is 59.1 Å². The van der Waals surface area contributed by atoms with Crippen molar-refractivity contribution >= 4 is 29.3 Å². The molecule has 0 aliphatic rings. The fraction of sp³-hybridized carbons (Fsp3) is 0.267. The Balaban J connectivity index is 0.00000261. The minimum absolute atomic E-state index is 0. The van der Waals surface area contributed by atoms with Gasteiger partial charge >= 0.3 is 6.09 Å². The average molecular weight is 414 g/mol. The largest absolute Gasteiger partial charge is 0.453 e. The van der Waals surface area contributed by atoms with Crippen molar-refractivity contribution in [3.63, 3.8) is 0 Å². The van der Waals surface area contributed by atoms with Gasteiger partial charge in [0, 0.05) is 15.6 Å². The third-order valence-electron chi connectivity index (χ3n) is 3.77. The van der Waals surface area contributed by atoms with Crippen molar-refractivity contribution in [2.24, 2.45) is 0 Å². The monoisotopic (exact) mass is 413 g/mol. The molecule has 3 aromatic rings. The van der Waals surface area contributed by atoms with E-state index >= 15 is 0 Å². The van der Waals surface area contributed by atoms with Gasteiger partial charge in [0.1, 0.15) is 30.8 Å². The molecule has 3 rings (SSSR count). The maximum atomic E-state index is 12.1. The van der Waals surface area contributed by atoms with E-state index in [1.54, 1.807) is 40.2 Å². The van der Waals surface area contributed by atoms with Crippen molar-refractivity contribution in [3.8, 4) is 0 Å². The van der Waals surface area contributed by atoms with Crippen LogP contribution in [0.25, 0.3) is 0 Å². The molecule has 10 nitrogen and oxygen atoms in total. The highest BCUT2D eigenvalue weighted by molar-refractivity contribution is 6.35. The molecule has 2 aromatic heterocycles. The van der Waals surface area contributed by atoms with E-state index in [0.29, 0.717) is 15.6 Å². The van der Waals surface area contributed by atoms with Crippen molar-refractivity contribution in [1.29, 1.82) is 0 Å². The number of alkyl carbamates (subject to hydrolysis) is 1. The Kier molecular flexibility index (Phi) is 6.72. The second-order valence-electron chi connectivity index (χ2n) is 5.51. The Morgan fingerprint density at radius 3 is 2.19 bits per heavy atom. The first-order valence-corrected chi connectivity index (χ1v) is 8.24.